The number of carbonyl (C=O) groups excluding carboxylic acids is 2. The molecule has 0 aliphatic rings. The normalized spacial score (nSPS) is 10.8. The van der Waals surface area contributed by atoms with Crippen LogP contribution in [0.3, 0.4) is 0 Å². The van der Waals surface area contributed by atoms with Gasteiger partial charge in [0.15, 0.2) is 0 Å². The zero-order chi connectivity index (χ0) is 13.1. The van der Waals surface area contributed by atoms with E-state index in [4.69, 9.17) is 5.73 Å². The van der Waals surface area contributed by atoms with Crippen LogP contribution >= 0.6 is 0 Å². The van der Waals surface area contributed by atoms with Gasteiger partial charge in [0.1, 0.15) is 5.75 Å². The van der Waals surface area contributed by atoms with Gasteiger partial charge in [0.25, 0.3) is 5.91 Å². The number of nitrogens with two attached hydrogens (primary N) is 1. The maximum atomic E-state index is 12.0. The Bertz CT molecular complexity index is 446. The molecule has 0 saturated carbocycles. The van der Waals surface area contributed by atoms with E-state index < -0.39 is 23.6 Å². The van der Waals surface area contributed by atoms with E-state index in [9.17, 15) is 22.8 Å². The summed E-state index contributed by atoms with van der Waals surface area (Å²) in [6, 6.07) is 3.09. The second-order valence-corrected chi connectivity index (χ2v) is 2.89. The molecule has 5 nitrogen and oxygen atoms in total. The number of rotatable bonds is 4. The molecule has 1 aromatic rings. The zero-order valence-electron chi connectivity index (χ0n) is 8.25. The van der Waals surface area contributed by atoms with Crippen molar-refractivity contribution in [2.24, 2.45) is 5.73 Å². The van der Waals surface area contributed by atoms with Crippen LogP contribution in [0, 0.1) is 0 Å². The van der Waals surface area contributed by atoms with Gasteiger partial charge in [-0.1, -0.05) is 0 Å². The summed E-state index contributed by atoms with van der Waals surface area (Å²) in [6.45, 7) is 0. The van der Waals surface area contributed by atoms with Gasteiger partial charge in [-0.15, -0.1) is 13.2 Å². The van der Waals surface area contributed by atoms with Crippen molar-refractivity contribution in [2.45, 2.75) is 6.36 Å². The fraction of sp³-hybridized carbons (Fsp3) is 0.111. The van der Waals surface area contributed by atoms with Gasteiger partial charge in [-0.25, -0.2) is 0 Å². The molecule has 0 saturated heterocycles. The van der Waals surface area contributed by atoms with Crippen LogP contribution in [0.4, 0.5) is 18.9 Å². The Morgan fingerprint density at radius 1 is 1.41 bits per heavy atom. The Hall–Kier alpha value is -2.25. The molecule has 3 N–H and O–H groups in total. The SMILES string of the molecule is NC(=O)c1ccc(NC=O)cc1OC(F)(F)F. The highest BCUT2D eigenvalue weighted by molar-refractivity contribution is 5.96. The molecule has 17 heavy (non-hydrogen) atoms. The summed E-state index contributed by atoms with van der Waals surface area (Å²) in [4.78, 5) is 21.0. The quantitative estimate of drug-likeness (QED) is 0.787. The third-order valence-electron chi connectivity index (χ3n) is 1.70. The maximum Gasteiger partial charge on any atom is 0.573 e. The van der Waals surface area contributed by atoms with Gasteiger partial charge in [0.2, 0.25) is 6.41 Å². The van der Waals surface area contributed by atoms with Crippen LogP contribution in [0.5, 0.6) is 5.75 Å². The second-order valence-electron chi connectivity index (χ2n) is 2.89. The van der Waals surface area contributed by atoms with Crippen LogP contribution in [-0.4, -0.2) is 18.7 Å². The van der Waals surface area contributed by atoms with Gasteiger partial charge in [0.05, 0.1) is 5.56 Å². The molecule has 1 aromatic carbocycles. The maximum absolute atomic E-state index is 12.0. The number of primary amides is 1. The number of alkyl halides is 3. The predicted octanol–water partition coefficient (Wildman–Crippen LogP) is 1.25. The highest BCUT2D eigenvalue weighted by atomic mass is 19.4. The lowest BCUT2D eigenvalue weighted by Crippen LogP contribution is -2.21. The van der Waals surface area contributed by atoms with Crippen LogP contribution in [0.1, 0.15) is 10.4 Å². The third kappa shape index (κ3) is 3.67. The molecule has 0 aromatic heterocycles. The van der Waals surface area contributed by atoms with E-state index in [-0.39, 0.29) is 12.1 Å². The predicted molar refractivity (Wildman–Crippen MR) is 51.3 cm³/mol. The van der Waals surface area contributed by atoms with Crippen molar-refractivity contribution in [2.75, 3.05) is 5.32 Å². The van der Waals surface area contributed by atoms with Crippen molar-refractivity contribution in [1.29, 1.82) is 0 Å². The Kier molecular flexibility index (Phi) is 3.56. The summed E-state index contributed by atoms with van der Waals surface area (Å²) in [5.41, 5.74) is 4.50. The molecule has 2 amide bonds. The monoisotopic (exact) mass is 248 g/mol. The summed E-state index contributed by atoms with van der Waals surface area (Å²) in [6.07, 6.45) is -4.68. The minimum absolute atomic E-state index is 0.0456. The summed E-state index contributed by atoms with van der Waals surface area (Å²) in [5.74, 6) is -1.83. The third-order valence-corrected chi connectivity index (χ3v) is 1.70. The van der Waals surface area contributed by atoms with E-state index in [0.717, 1.165) is 12.1 Å². The lowest BCUT2D eigenvalue weighted by molar-refractivity contribution is -0.274. The number of amides is 2. The molecular formula is C9H7F3N2O3. The first-order valence-corrected chi connectivity index (χ1v) is 4.23. The smallest absolute Gasteiger partial charge is 0.405 e. The first-order valence-electron chi connectivity index (χ1n) is 4.23. The number of ether oxygens (including phenoxy) is 1. The minimum atomic E-state index is -4.95. The molecular weight excluding hydrogens is 241 g/mol. The molecule has 0 fully saturated rings. The Morgan fingerprint density at radius 2 is 2.06 bits per heavy atom. The number of halogens is 3. The number of carbonyl (C=O) groups is 2. The van der Waals surface area contributed by atoms with Gasteiger partial charge < -0.3 is 15.8 Å². The van der Waals surface area contributed by atoms with Gasteiger partial charge in [-0.05, 0) is 12.1 Å². The van der Waals surface area contributed by atoms with Crippen molar-refractivity contribution in [1.82, 2.24) is 0 Å². The molecule has 0 bridgehead atoms. The van der Waals surface area contributed by atoms with Crippen LogP contribution < -0.4 is 15.8 Å². The van der Waals surface area contributed by atoms with Crippen LogP contribution in [0.2, 0.25) is 0 Å². The molecule has 8 heteroatoms. The first kappa shape index (κ1) is 12.8. The fourth-order valence-corrected chi connectivity index (χ4v) is 1.09. The molecule has 0 aliphatic heterocycles. The van der Waals surface area contributed by atoms with E-state index in [0.29, 0.717) is 0 Å². The summed E-state index contributed by atoms with van der Waals surface area (Å²) in [5, 5.41) is 2.12. The van der Waals surface area contributed by atoms with Crippen molar-refractivity contribution >= 4 is 18.0 Å². The lowest BCUT2D eigenvalue weighted by atomic mass is 10.1. The molecule has 1 rings (SSSR count). The molecule has 0 heterocycles. The number of benzene rings is 1. The van der Waals surface area contributed by atoms with E-state index in [2.05, 4.69) is 10.1 Å². The van der Waals surface area contributed by atoms with Gasteiger partial charge in [0, 0.05) is 11.8 Å². The number of nitrogens with one attached hydrogen (secondary N) is 1. The standard InChI is InChI=1S/C9H7F3N2O3/c10-9(11,12)17-7-3-5(14-4-15)1-2-6(7)8(13)16/h1-4H,(H2,13,16)(H,14,15). The molecule has 0 radical (unpaired) electrons. The fourth-order valence-electron chi connectivity index (χ4n) is 1.09. The van der Waals surface area contributed by atoms with Gasteiger partial charge in [-0.3, -0.25) is 9.59 Å². The van der Waals surface area contributed by atoms with Crippen LogP contribution in [-0.2, 0) is 4.79 Å². The molecule has 0 atom stereocenters. The van der Waals surface area contributed by atoms with Crippen molar-refractivity contribution in [3.8, 4) is 5.75 Å². The van der Waals surface area contributed by atoms with Crippen molar-refractivity contribution in [3.63, 3.8) is 0 Å². The highest BCUT2D eigenvalue weighted by Crippen LogP contribution is 2.28. The van der Waals surface area contributed by atoms with Crippen LogP contribution in [0.25, 0.3) is 0 Å². The molecule has 92 valence electrons. The topological polar surface area (TPSA) is 81.4 Å². The summed E-state index contributed by atoms with van der Waals surface area (Å²) in [7, 11) is 0. The number of anilines is 1. The number of hydrogen-bond acceptors (Lipinski definition) is 3. The first-order chi connectivity index (χ1) is 7.83. The lowest BCUT2D eigenvalue weighted by Gasteiger charge is -2.12. The van der Waals surface area contributed by atoms with Gasteiger partial charge >= 0.3 is 6.36 Å². The summed E-state index contributed by atoms with van der Waals surface area (Å²) < 4.78 is 39.7. The van der Waals surface area contributed by atoms with Gasteiger partial charge in [-0.2, -0.15) is 0 Å². The van der Waals surface area contributed by atoms with Crippen molar-refractivity contribution < 1.29 is 27.5 Å². The van der Waals surface area contributed by atoms with E-state index >= 15 is 0 Å². The molecule has 0 spiro atoms. The Morgan fingerprint density at radius 3 is 2.53 bits per heavy atom. The molecule has 0 aliphatic carbocycles. The van der Waals surface area contributed by atoms with E-state index in [1.165, 1.54) is 6.07 Å². The Balaban J connectivity index is 3.15. The summed E-state index contributed by atoms with van der Waals surface area (Å²) >= 11 is 0. The van der Waals surface area contributed by atoms with E-state index in [1.54, 1.807) is 0 Å². The average molecular weight is 248 g/mol. The number of hydrogen-bond donors (Lipinski definition) is 2. The van der Waals surface area contributed by atoms with Crippen molar-refractivity contribution in [3.05, 3.63) is 23.8 Å². The average Bonchev–Trinajstić information content (AvgIpc) is 2.15. The molecule has 0 unspecified atom stereocenters. The Labute approximate surface area is 93.3 Å². The largest absolute Gasteiger partial charge is 0.573 e. The second kappa shape index (κ2) is 4.73. The van der Waals surface area contributed by atoms with E-state index in [1.807, 2.05) is 0 Å². The minimum Gasteiger partial charge on any atom is -0.405 e. The zero-order valence-corrected chi connectivity index (χ0v) is 8.25. The highest BCUT2D eigenvalue weighted by Gasteiger charge is 2.32. The van der Waals surface area contributed by atoms with Crippen LogP contribution in [0.15, 0.2) is 18.2 Å².